The van der Waals surface area contributed by atoms with Gasteiger partial charge in [0.05, 0.1) is 0 Å². The van der Waals surface area contributed by atoms with Crippen LogP contribution in [0.1, 0.15) is 135 Å². The van der Waals surface area contributed by atoms with Crippen molar-refractivity contribution in [1.29, 1.82) is 0 Å². The number of aliphatic hydroxyl groups excluding tert-OH is 1. The van der Waals surface area contributed by atoms with Crippen LogP contribution in [0.4, 0.5) is 0 Å². The molecule has 0 saturated heterocycles. The normalized spacial score (nSPS) is 13.2. The van der Waals surface area contributed by atoms with E-state index >= 15 is 0 Å². The zero-order valence-corrected chi connectivity index (χ0v) is 19.9. The van der Waals surface area contributed by atoms with E-state index in [1.165, 1.54) is 116 Å². The predicted octanol–water partition coefficient (Wildman–Crippen LogP) is 8.75. The lowest BCUT2D eigenvalue weighted by molar-refractivity contribution is 0.233. The summed E-state index contributed by atoms with van der Waals surface area (Å²) in [7, 11) is -2.30. The zero-order chi connectivity index (χ0) is 20.2. The van der Waals surface area contributed by atoms with E-state index in [0.717, 1.165) is 6.42 Å². The van der Waals surface area contributed by atoms with Crippen LogP contribution in [0.25, 0.3) is 0 Å². The second-order valence-corrected chi connectivity index (χ2v) is 12.5. The van der Waals surface area contributed by atoms with Gasteiger partial charge < -0.3 is 9.67 Å². The van der Waals surface area contributed by atoms with Gasteiger partial charge >= 0.3 is 0 Å². The van der Waals surface area contributed by atoms with Crippen LogP contribution in [-0.2, 0) is 4.57 Å². The lowest BCUT2D eigenvalue weighted by Crippen LogP contribution is -2.05. The van der Waals surface area contributed by atoms with E-state index in [-0.39, 0.29) is 0 Å². The van der Waals surface area contributed by atoms with Crippen LogP contribution in [0.3, 0.4) is 0 Å². The molecule has 164 valence electrons. The Morgan fingerprint density at radius 2 is 0.815 bits per heavy atom. The van der Waals surface area contributed by atoms with Gasteiger partial charge in [-0.1, -0.05) is 129 Å². The highest BCUT2D eigenvalue weighted by Crippen LogP contribution is 2.43. The fraction of sp³-hybridized carbons (Fsp3) is 1.00. The molecule has 0 saturated carbocycles. The van der Waals surface area contributed by atoms with E-state index in [0.29, 0.717) is 6.42 Å². The number of hydrogen-bond donors (Lipinski definition) is 1. The van der Waals surface area contributed by atoms with Crippen LogP contribution in [0.5, 0.6) is 0 Å². The maximum absolute atomic E-state index is 11.7. The van der Waals surface area contributed by atoms with Crippen molar-refractivity contribution in [2.75, 3.05) is 13.3 Å². The van der Waals surface area contributed by atoms with Crippen LogP contribution in [0, 0.1) is 0 Å². The first-order chi connectivity index (χ1) is 13.0. The molecule has 1 N–H and O–H groups in total. The summed E-state index contributed by atoms with van der Waals surface area (Å²) in [5, 5.41) is 9.77. The minimum Gasteiger partial charge on any atom is -0.385 e. The quantitative estimate of drug-likeness (QED) is 0.154. The fourth-order valence-corrected chi connectivity index (χ4v) is 4.52. The third-order valence-electron chi connectivity index (χ3n) is 5.78. The SMILES string of the molecule is CCCCCCCCCCCCCCCCCCCCCC(O)P(C)(C)=O. The van der Waals surface area contributed by atoms with Gasteiger partial charge in [0.15, 0.2) is 0 Å². The molecule has 0 bridgehead atoms. The van der Waals surface area contributed by atoms with Gasteiger partial charge in [-0.25, -0.2) is 0 Å². The molecule has 3 heteroatoms. The standard InChI is InChI=1S/C24H51O2P/c1-4-5-6-7-8-9-10-11-12-13-14-15-16-17-18-19-20-21-22-23-24(25)27(2,3)26/h24-25H,4-23H2,1-3H3. The van der Waals surface area contributed by atoms with Crippen molar-refractivity contribution < 1.29 is 9.67 Å². The van der Waals surface area contributed by atoms with Crippen LogP contribution in [-0.4, -0.2) is 24.3 Å². The summed E-state index contributed by atoms with van der Waals surface area (Å²) in [5.41, 5.74) is 0. The van der Waals surface area contributed by atoms with Gasteiger partial charge in [-0.3, -0.25) is 0 Å². The molecule has 1 unspecified atom stereocenters. The maximum atomic E-state index is 11.7. The molecule has 0 rings (SSSR count). The summed E-state index contributed by atoms with van der Waals surface area (Å²) >= 11 is 0. The van der Waals surface area contributed by atoms with E-state index in [1.54, 1.807) is 13.3 Å². The molecule has 0 amide bonds. The van der Waals surface area contributed by atoms with E-state index in [9.17, 15) is 9.67 Å². The van der Waals surface area contributed by atoms with Crippen molar-refractivity contribution in [3.63, 3.8) is 0 Å². The number of rotatable bonds is 21. The summed E-state index contributed by atoms with van der Waals surface area (Å²) in [4.78, 5) is 0. The van der Waals surface area contributed by atoms with E-state index in [2.05, 4.69) is 6.92 Å². The monoisotopic (exact) mass is 402 g/mol. The second-order valence-electron chi connectivity index (χ2n) is 9.07. The van der Waals surface area contributed by atoms with Crippen molar-refractivity contribution in [2.24, 2.45) is 0 Å². The molecular weight excluding hydrogens is 351 g/mol. The van der Waals surface area contributed by atoms with Gasteiger partial charge in [0.1, 0.15) is 13.0 Å². The van der Waals surface area contributed by atoms with E-state index in [4.69, 9.17) is 0 Å². The first-order valence-corrected chi connectivity index (χ1v) is 14.9. The van der Waals surface area contributed by atoms with Crippen molar-refractivity contribution in [3.05, 3.63) is 0 Å². The Balaban J connectivity index is 3.10. The largest absolute Gasteiger partial charge is 0.385 e. The first-order valence-electron chi connectivity index (χ1n) is 12.2. The third-order valence-corrected chi connectivity index (χ3v) is 7.48. The Kier molecular flexibility index (Phi) is 19.6. The number of hydrogen-bond acceptors (Lipinski definition) is 2. The van der Waals surface area contributed by atoms with E-state index in [1.807, 2.05) is 0 Å². The lowest BCUT2D eigenvalue weighted by Gasteiger charge is -2.14. The van der Waals surface area contributed by atoms with Crippen molar-refractivity contribution >= 4 is 7.14 Å². The molecule has 0 aliphatic heterocycles. The fourth-order valence-electron chi connectivity index (χ4n) is 3.72. The summed E-state index contributed by atoms with van der Waals surface area (Å²) in [6, 6.07) is 0. The molecule has 0 fully saturated rings. The minimum absolute atomic E-state index is 0.580. The predicted molar refractivity (Wildman–Crippen MR) is 123 cm³/mol. The highest BCUT2D eigenvalue weighted by atomic mass is 31.2. The third kappa shape index (κ3) is 20.7. The molecule has 27 heavy (non-hydrogen) atoms. The molecule has 1 atom stereocenters. The smallest absolute Gasteiger partial charge is 0.109 e. The minimum atomic E-state index is -2.30. The van der Waals surface area contributed by atoms with Crippen LogP contribution in [0.2, 0.25) is 0 Å². The van der Waals surface area contributed by atoms with Crippen LogP contribution in [0.15, 0.2) is 0 Å². The van der Waals surface area contributed by atoms with Crippen molar-refractivity contribution in [3.8, 4) is 0 Å². The average molecular weight is 403 g/mol. The Labute approximate surface area is 171 Å². The van der Waals surface area contributed by atoms with Gasteiger partial charge in [0.2, 0.25) is 0 Å². The molecule has 0 aromatic heterocycles. The summed E-state index contributed by atoms with van der Waals surface area (Å²) in [5.74, 6) is -0.580. The zero-order valence-electron chi connectivity index (χ0n) is 19.0. The van der Waals surface area contributed by atoms with E-state index < -0.39 is 13.0 Å². The maximum Gasteiger partial charge on any atom is 0.109 e. The molecule has 0 heterocycles. The molecule has 0 radical (unpaired) electrons. The summed E-state index contributed by atoms with van der Waals surface area (Å²) < 4.78 is 11.7. The average Bonchev–Trinajstić information content (AvgIpc) is 2.62. The highest BCUT2D eigenvalue weighted by Gasteiger charge is 2.18. The second kappa shape index (κ2) is 19.5. The van der Waals surface area contributed by atoms with Crippen LogP contribution >= 0.6 is 7.14 Å². The molecule has 0 aliphatic carbocycles. The molecular formula is C24H51O2P. The van der Waals surface area contributed by atoms with Gasteiger partial charge in [0, 0.05) is 0 Å². The van der Waals surface area contributed by atoms with Crippen molar-refractivity contribution in [1.82, 2.24) is 0 Å². The molecule has 0 spiro atoms. The first kappa shape index (κ1) is 27.2. The molecule has 0 aliphatic rings. The Morgan fingerprint density at radius 1 is 0.556 bits per heavy atom. The summed E-state index contributed by atoms with van der Waals surface area (Å²) in [6.45, 7) is 5.66. The number of unbranched alkanes of at least 4 members (excludes halogenated alkanes) is 18. The van der Waals surface area contributed by atoms with Crippen LogP contribution < -0.4 is 0 Å². The Morgan fingerprint density at radius 3 is 1.07 bits per heavy atom. The Hall–Kier alpha value is 0.190. The summed E-state index contributed by atoms with van der Waals surface area (Å²) in [6.07, 6.45) is 26.9. The van der Waals surface area contributed by atoms with Gasteiger partial charge in [-0.2, -0.15) is 0 Å². The molecule has 0 aromatic rings. The molecule has 0 aromatic carbocycles. The lowest BCUT2D eigenvalue weighted by atomic mass is 10.0. The van der Waals surface area contributed by atoms with Gasteiger partial charge in [0.25, 0.3) is 0 Å². The van der Waals surface area contributed by atoms with Crippen molar-refractivity contribution in [2.45, 2.75) is 141 Å². The topological polar surface area (TPSA) is 37.3 Å². The highest BCUT2D eigenvalue weighted by molar-refractivity contribution is 7.62. The number of aliphatic hydroxyl groups is 1. The Bertz CT molecular complexity index is 337. The van der Waals surface area contributed by atoms with Gasteiger partial charge in [-0.15, -0.1) is 0 Å². The van der Waals surface area contributed by atoms with Gasteiger partial charge in [-0.05, 0) is 19.8 Å². The molecule has 2 nitrogen and oxygen atoms in total.